The second kappa shape index (κ2) is 5.76. The van der Waals surface area contributed by atoms with E-state index < -0.39 is 11.6 Å². The summed E-state index contributed by atoms with van der Waals surface area (Å²) in [6.07, 6.45) is 2.50. The second-order valence-corrected chi connectivity index (χ2v) is 5.17. The first-order valence-electron chi connectivity index (χ1n) is 6.42. The van der Waals surface area contributed by atoms with Crippen LogP contribution in [-0.4, -0.2) is 17.8 Å². The summed E-state index contributed by atoms with van der Waals surface area (Å²) in [6.45, 7) is 2.66. The number of benzene rings is 1. The summed E-state index contributed by atoms with van der Waals surface area (Å²) in [6, 6.07) is 3.49. The molecule has 3 unspecified atom stereocenters. The lowest BCUT2D eigenvalue weighted by molar-refractivity contribution is 0.177. The maximum atomic E-state index is 13.1. The monoisotopic (exact) mass is 255 g/mol. The number of hydrogen-bond acceptors (Lipinski definition) is 2. The first-order chi connectivity index (χ1) is 8.54. The van der Waals surface area contributed by atoms with Crippen LogP contribution < -0.4 is 5.32 Å². The molecule has 4 heteroatoms. The van der Waals surface area contributed by atoms with E-state index in [1.165, 1.54) is 12.1 Å². The van der Waals surface area contributed by atoms with E-state index in [2.05, 4.69) is 5.32 Å². The van der Waals surface area contributed by atoms with Crippen molar-refractivity contribution < 1.29 is 13.9 Å². The molecule has 1 aromatic carbocycles. The SMILES string of the molecule is CC(NCC1CCC(O)C1)c1cc(F)cc(F)c1. The summed E-state index contributed by atoms with van der Waals surface area (Å²) in [5.41, 5.74) is 0.617. The number of halogens is 2. The summed E-state index contributed by atoms with van der Waals surface area (Å²) in [5, 5.41) is 12.7. The molecule has 3 atom stereocenters. The molecule has 0 amide bonds. The molecule has 1 saturated carbocycles. The first-order valence-corrected chi connectivity index (χ1v) is 6.42. The molecule has 0 aliphatic heterocycles. The van der Waals surface area contributed by atoms with E-state index in [0.717, 1.165) is 31.9 Å². The van der Waals surface area contributed by atoms with Gasteiger partial charge in [0.25, 0.3) is 0 Å². The fraction of sp³-hybridized carbons (Fsp3) is 0.571. The van der Waals surface area contributed by atoms with Gasteiger partial charge in [0.15, 0.2) is 0 Å². The van der Waals surface area contributed by atoms with E-state index in [0.29, 0.717) is 11.5 Å². The molecule has 100 valence electrons. The van der Waals surface area contributed by atoms with E-state index in [1.807, 2.05) is 6.92 Å². The van der Waals surface area contributed by atoms with Crippen LogP contribution in [0, 0.1) is 17.6 Å². The molecule has 2 nitrogen and oxygen atoms in total. The molecule has 1 aromatic rings. The highest BCUT2D eigenvalue weighted by molar-refractivity contribution is 5.20. The Bertz CT molecular complexity index is 391. The summed E-state index contributed by atoms with van der Waals surface area (Å²) in [7, 11) is 0. The van der Waals surface area contributed by atoms with Gasteiger partial charge in [-0.15, -0.1) is 0 Å². The molecule has 0 saturated heterocycles. The first kappa shape index (κ1) is 13.4. The van der Waals surface area contributed by atoms with Crippen molar-refractivity contribution in [2.75, 3.05) is 6.54 Å². The molecule has 0 bridgehead atoms. The quantitative estimate of drug-likeness (QED) is 0.867. The molecule has 18 heavy (non-hydrogen) atoms. The Labute approximate surface area is 106 Å². The predicted octanol–water partition coefficient (Wildman–Crippen LogP) is 2.78. The molecular weight excluding hydrogens is 236 g/mol. The predicted molar refractivity (Wildman–Crippen MR) is 66.1 cm³/mol. The van der Waals surface area contributed by atoms with Crippen molar-refractivity contribution in [1.82, 2.24) is 5.32 Å². The third-order valence-corrected chi connectivity index (χ3v) is 3.61. The van der Waals surface area contributed by atoms with Crippen LogP contribution in [0.15, 0.2) is 18.2 Å². The highest BCUT2D eigenvalue weighted by atomic mass is 19.1. The van der Waals surface area contributed by atoms with E-state index in [4.69, 9.17) is 0 Å². The largest absolute Gasteiger partial charge is 0.393 e. The third-order valence-electron chi connectivity index (χ3n) is 3.61. The van der Waals surface area contributed by atoms with E-state index in [9.17, 15) is 13.9 Å². The van der Waals surface area contributed by atoms with Crippen molar-refractivity contribution in [3.8, 4) is 0 Å². The summed E-state index contributed by atoms with van der Waals surface area (Å²) >= 11 is 0. The van der Waals surface area contributed by atoms with E-state index >= 15 is 0 Å². The zero-order chi connectivity index (χ0) is 13.1. The van der Waals surface area contributed by atoms with Crippen LogP contribution in [0.3, 0.4) is 0 Å². The Morgan fingerprint density at radius 1 is 1.28 bits per heavy atom. The Balaban J connectivity index is 1.89. The van der Waals surface area contributed by atoms with Crippen molar-refractivity contribution in [2.24, 2.45) is 5.92 Å². The lowest BCUT2D eigenvalue weighted by Crippen LogP contribution is -2.25. The summed E-state index contributed by atoms with van der Waals surface area (Å²) in [4.78, 5) is 0. The molecule has 0 heterocycles. The van der Waals surface area contributed by atoms with Gasteiger partial charge in [-0.25, -0.2) is 8.78 Å². The number of rotatable bonds is 4. The number of aliphatic hydroxyl groups excluding tert-OH is 1. The normalized spacial score (nSPS) is 25.3. The molecule has 1 fully saturated rings. The summed E-state index contributed by atoms with van der Waals surface area (Å²) in [5.74, 6) is -0.634. The smallest absolute Gasteiger partial charge is 0.126 e. The van der Waals surface area contributed by atoms with E-state index in [-0.39, 0.29) is 12.1 Å². The number of aliphatic hydroxyl groups is 1. The third kappa shape index (κ3) is 3.50. The van der Waals surface area contributed by atoms with Crippen LogP contribution in [0.1, 0.15) is 37.8 Å². The van der Waals surface area contributed by atoms with Crippen LogP contribution in [0.5, 0.6) is 0 Å². The van der Waals surface area contributed by atoms with Gasteiger partial charge in [-0.3, -0.25) is 0 Å². The molecule has 1 aliphatic carbocycles. The minimum absolute atomic E-state index is 0.0899. The second-order valence-electron chi connectivity index (χ2n) is 5.17. The van der Waals surface area contributed by atoms with Crippen molar-refractivity contribution in [3.63, 3.8) is 0 Å². The van der Waals surface area contributed by atoms with Gasteiger partial charge in [0, 0.05) is 12.1 Å². The highest BCUT2D eigenvalue weighted by Gasteiger charge is 2.23. The van der Waals surface area contributed by atoms with Gasteiger partial charge in [0.1, 0.15) is 11.6 Å². The Kier molecular flexibility index (Phi) is 4.30. The van der Waals surface area contributed by atoms with Crippen molar-refractivity contribution >= 4 is 0 Å². The zero-order valence-electron chi connectivity index (χ0n) is 10.5. The minimum Gasteiger partial charge on any atom is -0.393 e. The lowest BCUT2D eigenvalue weighted by Gasteiger charge is -2.17. The average molecular weight is 255 g/mol. The van der Waals surface area contributed by atoms with E-state index in [1.54, 1.807) is 0 Å². The van der Waals surface area contributed by atoms with Crippen molar-refractivity contribution in [2.45, 2.75) is 38.3 Å². The minimum atomic E-state index is -0.546. The topological polar surface area (TPSA) is 32.3 Å². The zero-order valence-corrected chi connectivity index (χ0v) is 10.5. The molecule has 2 N–H and O–H groups in total. The summed E-state index contributed by atoms with van der Waals surface area (Å²) < 4.78 is 26.2. The van der Waals surface area contributed by atoms with Gasteiger partial charge in [0.05, 0.1) is 6.10 Å². The van der Waals surface area contributed by atoms with Gasteiger partial charge in [0.2, 0.25) is 0 Å². The van der Waals surface area contributed by atoms with Gasteiger partial charge in [-0.1, -0.05) is 0 Å². The van der Waals surface area contributed by atoms with Gasteiger partial charge in [-0.05, 0) is 56.3 Å². The van der Waals surface area contributed by atoms with Crippen LogP contribution in [0.4, 0.5) is 8.78 Å². The van der Waals surface area contributed by atoms with Crippen LogP contribution in [-0.2, 0) is 0 Å². The van der Waals surface area contributed by atoms with Gasteiger partial charge in [-0.2, -0.15) is 0 Å². The van der Waals surface area contributed by atoms with Crippen LogP contribution in [0.25, 0.3) is 0 Å². The Morgan fingerprint density at radius 2 is 1.94 bits per heavy atom. The molecule has 0 spiro atoms. The van der Waals surface area contributed by atoms with Crippen LogP contribution in [0.2, 0.25) is 0 Å². The Morgan fingerprint density at radius 3 is 2.50 bits per heavy atom. The number of hydrogen-bond donors (Lipinski definition) is 2. The molecule has 2 rings (SSSR count). The molecule has 1 aliphatic rings. The maximum Gasteiger partial charge on any atom is 0.126 e. The maximum absolute atomic E-state index is 13.1. The van der Waals surface area contributed by atoms with Gasteiger partial charge < -0.3 is 10.4 Å². The van der Waals surface area contributed by atoms with Crippen molar-refractivity contribution in [1.29, 1.82) is 0 Å². The fourth-order valence-electron chi connectivity index (χ4n) is 2.52. The lowest BCUT2D eigenvalue weighted by atomic mass is 10.1. The average Bonchev–Trinajstić information content (AvgIpc) is 2.70. The van der Waals surface area contributed by atoms with Crippen LogP contribution >= 0.6 is 0 Å². The van der Waals surface area contributed by atoms with Gasteiger partial charge >= 0.3 is 0 Å². The molecule has 0 aromatic heterocycles. The Hall–Kier alpha value is -1.00. The standard InChI is InChI=1S/C14H19F2NO/c1-9(11-5-12(15)7-13(16)6-11)17-8-10-2-3-14(18)4-10/h5-7,9-10,14,17-18H,2-4,8H2,1H3. The fourth-order valence-corrected chi connectivity index (χ4v) is 2.52. The molecular formula is C14H19F2NO. The van der Waals surface area contributed by atoms with Crippen molar-refractivity contribution in [3.05, 3.63) is 35.4 Å². The highest BCUT2D eigenvalue weighted by Crippen LogP contribution is 2.25. The molecule has 0 radical (unpaired) electrons. The number of nitrogens with one attached hydrogen (secondary N) is 1.